The van der Waals surface area contributed by atoms with Gasteiger partial charge in [-0.1, -0.05) is 0 Å². The van der Waals surface area contributed by atoms with E-state index in [4.69, 9.17) is 10.3 Å². The van der Waals surface area contributed by atoms with E-state index in [1.165, 1.54) is 6.33 Å². The summed E-state index contributed by atoms with van der Waals surface area (Å²) in [6.07, 6.45) is 2.99. The van der Waals surface area contributed by atoms with Crippen LogP contribution in [0.25, 0.3) is 0 Å². The standard InChI is InChI=1S/C8H9N5O2/c9-12-8(14)7-2-1-6(15-7)3-13-5-10-4-11-13/h1-2,4-5H,3,9H2,(H,12,14). The van der Waals surface area contributed by atoms with Gasteiger partial charge in [0.25, 0.3) is 0 Å². The maximum Gasteiger partial charge on any atom is 0.300 e. The molecular weight excluding hydrogens is 198 g/mol. The molecule has 2 aromatic heterocycles. The van der Waals surface area contributed by atoms with Crippen LogP contribution >= 0.6 is 0 Å². The Hall–Kier alpha value is -2.15. The zero-order valence-corrected chi connectivity index (χ0v) is 7.75. The first-order valence-electron chi connectivity index (χ1n) is 4.21. The normalized spacial score (nSPS) is 10.2. The molecule has 7 heteroatoms. The number of furan rings is 1. The van der Waals surface area contributed by atoms with Gasteiger partial charge in [-0.3, -0.25) is 10.2 Å². The van der Waals surface area contributed by atoms with Crippen LogP contribution in [0, 0.1) is 0 Å². The minimum absolute atomic E-state index is 0.174. The number of carbonyl (C=O) groups excluding carboxylic acids is 1. The van der Waals surface area contributed by atoms with Crippen molar-refractivity contribution >= 4 is 5.91 Å². The van der Waals surface area contributed by atoms with Crippen molar-refractivity contribution in [2.75, 3.05) is 0 Å². The summed E-state index contributed by atoms with van der Waals surface area (Å²) in [6, 6.07) is 3.24. The maximum atomic E-state index is 11.1. The molecule has 2 aromatic rings. The van der Waals surface area contributed by atoms with Crippen molar-refractivity contribution in [1.82, 2.24) is 20.2 Å². The molecule has 2 heterocycles. The first kappa shape index (κ1) is 9.41. The van der Waals surface area contributed by atoms with Crippen LogP contribution < -0.4 is 11.3 Å². The van der Waals surface area contributed by atoms with E-state index in [1.807, 2.05) is 5.43 Å². The molecule has 0 spiro atoms. The number of hydrogen-bond donors (Lipinski definition) is 2. The molecule has 0 aliphatic heterocycles. The third-order valence-corrected chi connectivity index (χ3v) is 1.80. The van der Waals surface area contributed by atoms with Crippen molar-refractivity contribution in [1.29, 1.82) is 0 Å². The number of hydrazine groups is 1. The third-order valence-electron chi connectivity index (χ3n) is 1.80. The predicted octanol–water partition coefficient (Wildman–Crippen LogP) is -0.477. The van der Waals surface area contributed by atoms with Gasteiger partial charge in [0, 0.05) is 0 Å². The second-order valence-corrected chi connectivity index (χ2v) is 2.83. The molecule has 0 saturated heterocycles. The fourth-order valence-corrected chi connectivity index (χ4v) is 1.13. The molecule has 78 valence electrons. The van der Waals surface area contributed by atoms with E-state index in [0.717, 1.165) is 0 Å². The van der Waals surface area contributed by atoms with E-state index in [1.54, 1.807) is 23.1 Å². The van der Waals surface area contributed by atoms with Crippen LogP contribution in [-0.4, -0.2) is 20.7 Å². The Morgan fingerprint density at radius 2 is 2.47 bits per heavy atom. The Labute approximate surface area is 84.9 Å². The molecule has 1 amide bonds. The molecule has 0 bridgehead atoms. The van der Waals surface area contributed by atoms with Gasteiger partial charge in [0.2, 0.25) is 0 Å². The summed E-state index contributed by atoms with van der Waals surface area (Å²) in [5, 5.41) is 3.91. The number of aromatic nitrogens is 3. The van der Waals surface area contributed by atoms with Crippen molar-refractivity contribution in [3.05, 3.63) is 36.3 Å². The molecule has 0 atom stereocenters. The second-order valence-electron chi connectivity index (χ2n) is 2.83. The Kier molecular flexibility index (Phi) is 2.46. The molecule has 2 rings (SSSR count). The lowest BCUT2D eigenvalue weighted by atomic mass is 10.4. The quantitative estimate of drug-likeness (QED) is 0.402. The van der Waals surface area contributed by atoms with Gasteiger partial charge in [0.15, 0.2) is 5.76 Å². The lowest BCUT2D eigenvalue weighted by molar-refractivity contribution is 0.0924. The molecular formula is C8H9N5O2. The van der Waals surface area contributed by atoms with Crippen LogP contribution in [0.3, 0.4) is 0 Å². The zero-order valence-electron chi connectivity index (χ0n) is 7.75. The molecule has 0 aromatic carbocycles. The topological polar surface area (TPSA) is 99.0 Å². The molecule has 0 aliphatic rings. The van der Waals surface area contributed by atoms with E-state index in [2.05, 4.69) is 10.1 Å². The van der Waals surface area contributed by atoms with Gasteiger partial charge in [-0.25, -0.2) is 15.5 Å². The molecule has 15 heavy (non-hydrogen) atoms. The van der Waals surface area contributed by atoms with Crippen LogP contribution in [0.4, 0.5) is 0 Å². The molecule has 0 saturated carbocycles. The molecule has 0 unspecified atom stereocenters. The van der Waals surface area contributed by atoms with Gasteiger partial charge in [-0.2, -0.15) is 5.10 Å². The average molecular weight is 207 g/mol. The smallest absolute Gasteiger partial charge is 0.300 e. The molecule has 0 fully saturated rings. The number of rotatable bonds is 3. The average Bonchev–Trinajstić information content (AvgIpc) is 2.88. The molecule has 0 radical (unpaired) electrons. The van der Waals surface area contributed by atoms with Crippen molar-refractivity contribution in [2.45, 2.75) is 6.54 Å². The zero-order chi connectivity index (χ0) is 10.7. The second kappa shape index (κ2) is 3.93. The first-order valence-corrected chi connectivity index (χ1v) is 4.21. The van der Waals surface area contributed by atoms with Gasteiger partial charge in [-0.05, 0) is 12.1 Å². The largest absolute Gasteiger partial charge is 0.454 e. The number of hydrogen-bond acceptors (Lipinski definition) is 5. The van der Waals surface area contributed by atoms with E-state index in [-0.39, 0.29) is 5.76 Å². The van der Waals surface area contributed by atoms with Crippen LogP contribution in [0.15, 0.2) is 29.2 Å². The highest BCUT2D eigenvalue weighted by Gasteiger charge is 2.09. The van der Waals surface area contributed by atoms with Gasteiger partial charge in [0.05, 0.1) is 0 Å². The first-order chi connectivity index (χ1) is 7.29. The van der Waals surface area contributed by atoms with E-state index in [0.29, 0.717) is 12.3 Å². The lowest BCUT2D eigenvalue weighted by Gasteiger charge is -1.96. The summed E-state index contributed by atoms with van der Waals surface area (Å²) in [6.45, 7) is 0.428. The molecule has 7 nitrogen and oxygen atoms in total. The summed E-state index contributed by atoms with van der Waals surface area (Å²) in [5.41, 5.74) is 1.99. The van der Waals surface area contributed by atoms with Crippen molar-refractivity contribution in [3.63, 3.8) is 0 Å². The minimum atomic E-state index is -0.458. The SMILES string of the molecule is NNC(=O)c1ccc(Cn2cncn2)o1. The Morgan fingerprint density at radius 3 is 3.13 bits per heavy atom. The van der Waals surface area contributed by atoms with Crippen LogP contribution in [0.1, 0.15) is 16.3 Å². The van der Waals surface area contributed by atoms with Crippen molar-refractivity contribution in [3.8, 4) is 0 Å². The summed E-state index contributed by atoms with van der Waals surface area (Å²) in [5.74, 6) is 5.29. The minimum Gasteiger partial charge on any atom is -0.454 e. The van der Waals surface area contributed by atoms with E-state index in [9.17, 15) is 4.79 Å². The van der Waals surface area contributed by atoms with E-state index >= 15 is 0 Å². The number of nitrogens with two attached hydrogens (primary N) is 1. The highest BCUT2D eigenvalue weighted by Crippen LogP contribution is 2.08. The Balaban J connectivity index is 2.11. The third kappa shape index (κ3) is 2.02. The highest BCUT2D eigenvalue weighted by molar-refractivity contribution is 5.90. The lowest BCUT2D eigenvalue weighted by Crippen LogP contribution is -2.29. The summed E-state index contributed by atoms with van der Waals surface area (Å²) < 4.78 is 6.82. The number of nitrogens with zero attached hydrogens (tertiary/aromatic N) is 3. The Morgan fingerprint density at radius 1 is 1.60 bits per heavy atom. The summed E-state index contributed by atoms with van der Waals surface area (Å²) >= 11 is 0. The van der Waals surface area contributed by atoms with Crippen LogP contribution in [-0.2, 0) is 6.54 Å². The fraction of sp³-hybridized carbons (Fsp3) is 0.125. The van der Waals surface area contributed by atoms with Crippen LogP contribution in [0.5, 0.6) is 0 Å². The molecule has 0 aliphatic carbocycles. The fourth-order valence-electron chi connectivity index (χ4n) is 1.13. The number of amides is 1. The van der Waals surface area contributed by atoms with Crippen molar-refractivity contribution < 1.29 is 9.21 Å². The van der Waals surface area contributed by atoms with Crippen LogP contribution in [0.2, 0.25) is 0 Å². The number of nitrogen functional groups attached to an aromatic ring is 1. The monoisotopic (exact) mass is 207 g/mol. The van der Waals surface area contributed by atoms with Gasteiger partial charge < -0.3 is 4.42 Å². The number of carbonyl (C=O) groups is 1. The Bertz CT molecular complexity index is 447. The maximum absolute atomic E-state index is 11.1. The molecule has 3 N–H and O–H groups in total. The van der Waals surface area contributed by atoms with Gasteiger partial charge in [0.1, 0.15) is 25.0 Å². The van der Waals surface area contributed by atoms with Crippen molar-refractivity contribution in [2.24, 2.45) is 5.84 Å². The highest BCUT2D eigenvalue weighted by atomic mass is 16.4. The summed E-state index contributed by atoms with van der Waals surface area (Å²) in [4.78, 5) is 14.9. The van der Waals surface area contributed by atoms with Gasteiger partial charge >= 0.3 is 5.91 Å². The van der Waals surface area contributed by atoms with E-state index < -0.39 is 5.91 Å². The van der Waals surface area contributed by atoms with Gasteiger partial charge in [-0.15, -0.1) is 0 Å². The predicted molar refractivity (Wildman–Crippen MR) is 49.5 cm³/mol. The summed E-state index contributed by atoms with van der Waals surface area (Å²) in [7, 11) is 0. The number of nitrogens with one attached hydrogen (secondary N) is 1.